The van der Waals surface area contributed by atoms with Gasteiger partial charge in [0.1, 0.15) is 12.4 Å². The zero-order chi connectivity index (χ0) is 25.9. The highest BCUT2D eigenvalue weighted by molar-refractivity contribution is 5.75. The second kappa shape index (κ2) is 13.6. The molecule has 0 fully saturated rings. The smallest absolute Gasteiger partial charge is 0.341 e. The molecule has 5 nitrogen and oxygen atoms in total. The molecule has 0 heterocycles. The molecule has 0 aromatic heterocycles. The molecule has 36 heavy (non-hydrogen) atoms. The lowest BCUT2D eigenvalue weighted by atomic mass is 9.94. The number of carbonyl (C=O) groups excluding carboxylic acids is 1. The van der Waals surface area contributed by atoms with E-state index in [0.717, 1.165) is 39.3 Å². The number of nitrogens with one attached hydrogen (secondary N) is 1. The molecule has 0 saturated carbocycles. The molecule has 3 aromatic rings. The lowest BCUT2D eigenvalue weighted by molar-refractivity contribution is -0.149. The minimum atomic E-state index is -1.64. The van der Waals surface area contributed by atoms with E-state index in [0.29, 0.717) is 26.4 Å². The lowest BCUT2D eigenvalue weighted by Gasteiger charge is -2.15. The number of esters is 1. The highest BCUT2D eigenvalue weighted by Crippen LogP contribution is 2.31. The van der Waals surface area contributed by atoms with Gasteiger partial charge in [-0.3, -0.25) is 0 Å². The SMILES string of the molecule is CCOCCOc1cc(C)c(-c2cccc(CNc3ccc(CC(F)C(=O)OCC)cc3)c2)c(C)c1. The molecular formula is C30H36FNO4. The molecular weight excluding hydrogens is 457 g/mol. The molecule has 0 saturated heterocycles. The van der Waals surface area contributed by atoms with E-state index in [9.17, 15) is 9.18 Å². The van der Waals surface area contributed by atoms with Gasteiger partial charge in [0.2, 0.25) is 6.17 Å². The number of hydrogen-bond donors (Lipinski definition) is 1. The molecule has 1 N–H and O–H groups in total. The fourth-order valence-corrected chi connectivity index (χ4v) is 4.15. The number of halogens is 1. The summed E-state index contributed by atoms with van der Waals surface area (Å²) in [5, 5.41) is 3.42. The van der Waals surface area contributed by atoms with Gasteiger partial charge in [-0.1, -0.05) is 30.3 Å². The molecule has 1 atom stereocenters. The quantitative estimate of drug-likeness (QED) is 0.219. The van der Waals surface area contributed by atoms with Gasteiger partial charge in [-0.05, 0) is 91.4 Å². The van der Waals surface area contributed by atoms with Gasteiger partial charge >= 0.3 is 5.97 Å². The highest BCUT2D eigenvalue weighted by atomic mass is 19.1. The van der Waals surface area contributed by atoms with Crippen molar-refractivity contribution in [2.24, 2.45) is 0 Å². The summed E-state index contributed by atoms with van der Waals surface area (Å²) in [5.41, 5.74) is 7.52. The normalized spacial score (nSPS) is 11.7. The predicted molar refractivity (Wildman–Crippen MR) is 142 cm³/mol. The molecule has 0 radical (unpaired) electrons. The molecule has 0 bridgehead atoms. The Balaban J connectivity index is 1.62. The molecule has 3 aromatic carbocycles. The van der Waals surface area contributed by atoms with E-state index < -0.39 is 12.1 Å². The first kappa shape index (κ1) is 27.2. The Bertz CT molecular complexity index is 1110. The average molecular weight is 494 g/mol. The zero-order valence-corrected chi connectivity index (χ0v) is 21.6. The van der Waals surface area contributed by atoms with E-state index in [4.69, 9.17) is 14.2 Å². The number of benzene rings is 3. The number of anilines is 1. The van der Waals surface area contributed by atoms with Crippen LogP contribution in [0.1, 0.15) is 36.1 Å². The summed E-state index contributed by atoms with van der Waals surface area (Å²) >= 11 is 0. The van der Waals surface area contributed by atoms with Crippen LogP contribution in [0.4, 0.5) is 10.1 Å². The summed E-state index contributed by atoms with van der Waals surface area (Å²) in [7, 11) is 0. The van der Waals surface area contributed by atoms with Gasteiger partial charge in [0, 0.05) is 25.3 Å². The van der Waals surface area contributed by atoms with Crippen molar-refractivity contribution in [2.75, 3.05) is 31.7 Å². The van der Waals surface area contributed by atoms with Gasteiger partial charge in [-0.2, -0.15) is 0 Å². The molecule has 192 valence electrons. The molecule has 3 rings (SSSR count). The van der Waals surface area contributed by atoms with E-state index in [1.165, 1.54) is 5.56 Å². The van der Waals surface area contributed by atoms with Crippen molar-refractivity contribution >= 4 is 11.7 Å². The number of rotatable bonds is 13. The number of alkyl halides is 1. The monoisotopic (exact) mass is 493 g/mol. The van der Waals surface area contributed by atoms with Gasteiger partial charge in [-0.25, -0.2) is 9.18 Å². The van der Waals surface area contributed by atoms with Crippen molar-refractivity contribution in [3.63, 3.8) is 0 Å². The molecule has 1 unspecified atom stereocenters. The summed E-state index contributed by atoms with van der Waals surface area (Å²) < 4.78 is 29.9. The minimum Gasteiger partial charge on any atom is -0.491 e. The van der Waals surface area contributed by atoms with Crippen LogP contribution in [0.15, 0.2) is 60.7 Å². The van der Waals surface area contributed by atoms with E-state index in [-0.39, 0.29) is 13.0 Å². The first-order valence-corrected chi connectivity index (χ1v) is 12.5. The van der Waals surface area contributed by atoms with Crippen molar-refractivity contribution in [2.45, 2.75) is 46.8 Å². The second-order valence-corrected chi connectivity index (χ2v) is 8.65. The topological polar surface area (TPSA) is 56.8 Å². The summed E-state index contributed by atoms with van der Waals surface area (Å²) in [4.78, 5) is 11.5. The number of ether oxygens (including phenoxy) is 3. The second-order valence-electron chi connectivity index (χ2n) is 8.65. The standard InChI is InChI=1S/C30H36FNO4/c1-5-34-14-15-36-27-16-21(3)29(22(4)17-27)25-9-7-8-24(18-25)20-32-26-12-10-23(11-13-26)19-28(31)30(33)35-6-2/h7-13,16-18,28,32H,5-6,14-15,19-20H2,1-4H3. The number of hydrogen-bond acceptors (Lipinski definition) is 5. The van der Waals surface area contributed by atoms with Gasteiger partial charge < -0.3 is 19.5 Å². The Labute approximate surface area is 213 Å². The molecule has 0 spiro atoms. The molecule has 0 amide bonds. The Kier molecular flexibility index (Phi) is 10.3. The zero-order valence-electron chi connectivity index (χ0n) is 21.6. The third kappa shape index (κ3) is 7.82. The minimum absolute atomic E-state index is 0.0101. The van der Waals surface area contributed by atoms with Crippen molar-refractivity contribution in [1.82, 2.24) is 0 Å². The Morgan fingerprint density at radius 2 is 1.64 bits per heavy atom. The van der Waals surface area contributed by atoms with Gasteiger partial charge in [-0.15, -0.1) is 0 Å². The van der Waals surface area contributed by atoms with Gasteiger partial charge in [0.15, 0.2) is 0 Å². The highest BCUT2D eigenvalue weighted by Gasteiger charge is 2.18. The van der Waals surface area contributed by atoms with Crippen molar-refractivity contribution in [1.29, 1.82) is 0 Å². The fourth-order valence-electron chi connectivity index (χ4n) is 4.15. The molecule has 0 aliphatic heterocycles. The Morgan fingerprint density at radius 3 is 2.31 bits per heavy atom. The first-order valence-electron chi connectivity index (χ1n) is 12.5. The van der Waals surface area contributed by atoms with Crippen LogP contribution in [0, 0.1) is 13.8 Å². The third-order valence-electron chi connectivity index (χ3n) is 5.83. The number of aryl methyl sites for hydroxylation is 2. The van der Waals surface area contributed by atoms with Crippen molar-refractivity contribution < 1.29 is 23.4 Å². The first-order chi connectivity index (χ1) is 17.4. The largest absolute Gasteiger partial charge is 0.491 e. The van der Waals surface area contributed by atoms with Crippen molar-refractivity contribution in [3.05, 3.63) is 82.9 Å². The summed E-state index contributed by atoms with van der Waals surface area (Å²) in [6.45, 7) is 10.5. The molecule has 6 heteroatoms. The fraction of sp³-hybridized carbons (Fsp3) is 0.367. The predicted octanol–water partition coefficient (Wildman–Crippen LogP) is 6.44. The van der Waals surface area contributed by atoms with E-state index >= 15 is 0 Å². The van der Waals surface area contributed by atoms with Crippen LogP contribution in [-0.2, 0) is 27.2 Å². The maximum absolute atomic E-state index is 14.0. The van der Waals surface area contributed by atoms with Crippen LogP contribution >= 0.6 is 0 Å². The van der Waals surface area contributed by atoms with E-state index in [1.807, 2.05) is 31.2 Å². The average Bonchev–Trinajstić information content (AvgIpc) is 2.86. The van der Waals surface area contributed by atoms with Crippen LogP contribution in [-0.4, -0.2) is 38.6 Å². The summed E-state index contributed by atoms with van der Waals surface area (Å²) in [6.07, 6.45) is -1.63. The van der Waals surface area contributed by atoms with Crippen LogP contribution in [0.2, 0.25) is 0 Å². The summed E-state index contributed by atoms with van der Waals surface area (Å²) in [5.74, 6) is 0.0462. The Hall–Kier alpha value is -3.38. The van der Waals surface area contributed by atoms with Crippen LogP contribution in [0.5, 0.6) is 5.75 Å². The van der Waals surface area contributed by atoms with Crippen LogP contribution < -0.4 is 10.1 Å². The van der Waals surface area contributed by atoms with Gasteiger partial charge in [0.05, 0.1) is 13.2 Å². The lowest BCUT2D eigenvalue weighted by Crippen LogP contribution is -2.21. The van der Waals surface area contributed by atoms with E-state index in [1.54, 1.807) is 6.92 Å². The third-order valence-corrected chi connectivity index (χ3v) is 5.83. The summed E-state index contributed by atoms with van der Waals surface area (Å²) in [6, 6.07) is 20.1. The Morgan fingerprint density at radius 1 is 0.917 bits per heavy atom. The number of carbonyl (C=O) groups is 1. The van der Waals surface area contributed by atoms with E-state index in [2.05, 4.69) is 55.6 Å². The van der Waals surface area contributed by atoms with Gasteiger partial charge in [0.25, 0.3) is 0 Å². The molecule has 0 aliphatic carbocycles. The maximum Gasteiger partial charge on any atom is 0.341 e. The van der Waals surface area contributed by atoms with Crippen molar-refractivity contribution in [3.8, 4) is 16.9 Å². The van der Waals surface area contributed by atoms with Crippen LogP contribution in [0.3, 0.4) is 0 Å². The molecule has 0 aliphatic rings. The maximum atomic E-state index is 14.0. The van der Waals surface area contributed by atoms with Crippen LogP contribution in [0.25, 0.3) is 11.1 Å².